The van der Waals surface area contributed by atoms with Gasteiger partial charge in [-0.2, -0.15) is 5.10 Å². The number of methoxy groups -OCH3 is 1. The van der Waals surface area contributed by atoms with Crippen LogP contribution in [-0.4, -0.2) is 27.8 Å². The van der Waals surface area contributed by atoms with Crippen molar-refractivity contribution in [3.05, 3.63) is 84.6 Å². The third kappa shape index (κ3) is 3.35. The van der Waals surface area contributed by atoms with Crippen LogP contribution in [-0.2, 0) is 0 Å². The van der Waals surface area contributed by atoms with E-state index in [0.717, 1.165) is 28.3 Å². The second kappa shape index (κ2) is 7.36. The van der Waals surface area contributed by atoms with Gasteiger partial charge in [-0.1, -0.05) is 18.2 Å². The molecule has 0 aliphatic carbocycles. The Labute approximate surface area is 162 Å². The molecule has 0 atom stereocenters. The summed E-state index contributed by atoms with van der Waals surface area (Å²) in [5.41, 5.74) is 9.33. The third-order valence-corrected chi connectivity index (χ3v) is 4.43. The highest BCUT2D eigenvalue weighted by Crippen LogP contribution is 2.29. The number of carbonyl (C=O) groups excluding carboxylic acids is 1. The van der Waals surface area contributed by atoms with Crippen molar-refractivity contribution in [2.75, 3.05) is 7.11 Å². The average molecular weight is 370 g/mol. The molecule has 0 aliphatic rings. The summed E-state index contributed by atoms with van der Waals surface area (Å²) in [5, 5.41) is 4.75. The Hall–Kier alpha value is -3.93. The highest BCUT2D eigenvalue weighted by Gasteiger charge is 2.14. The average Bonchev–Trinajstić information content (AvgIpc) is 3.20. The first-order chi connectivity index (χ1) is 13.7. The summed E-state index contributed by atoms with van der Waals surface area (Å²) in [7, 11) is 1.64. The summed E-state index contributed by atoms with van der Waals surface area (Å²) in [6, 6.07) is 22.5. The number of nitrogens with two attached hydrogens (primary N) is 1. The highest BCUT2D eigenvalue weighted by molar-refractivity contribution is 5.93. The van der Waals surface area contributed by atoms with E-state index in [1.165, 1.54) is 0 Å². The summed E-state index contributed by atoms with van der Waals surface area (Å²) in [5.74, 6) is 1.05. The maximum Gasteiger partial charge on any atom is 0.248 e. The van der Waals surface area contributed by atoms with Crippen LogP contribution in [0.1, 0.15) is 10.4 Å². The van der Waals surface area contributed by atoms with Crippen molar-refractivity contribution in [2.24, 2.45) is 5.73 Å². The van der Waals surface area contributed by atoms with Crippen molar-refractivity contribution in [1.29, 1.82) is 0 Å². The van der Waals surface area contributed by atoms with E-state index in [0.29, 0.717) is 11.4 Å². The number of pyridine rings is 1. The van der Waals surface area contributed by atoms with Gasteiger partial charge in [-0.05, 0) is 54.6 Å². The standard InChI is InChI=1S/C22H18N4O2/c1-28-18-11-9-16(10-12-18)20-14-19(15-5-7-17(8-6-15)22(23)27)25-26(20)21-4-2-3-13-24-21/h2-14H,1H3,(H2,23,27). The van der Waals surface area contributed by atoms with E-state index in [1.54, 1.807) is 30.1 Å². The van der Waals surface area contributed by atoms with Crippen LogP contribution in [0.2, 0.25) is 0 Å². The molecule has 1 amide bonds. The summed E-state index contributed by atoms with van der Waals surface area (Å²) in [6.07, 6.45) is 1.73. The van der Waals surface area contributed by atoms with Crippen LogP contribution >= 0.6 is 0 Å². The fourth-order valence-electron chi connectivity index (χ4n) is 2.95. The van der Waals surface area contributed by atoms with Crippen LogP contribution in [0.15, 0.2) is 79.0 Å². The number of carbonyl (C=O) groups is 1. The molecule has 2 aromatic carbocycles. The smallest absolute Gasteiger partial charge is 0.248 e. The number of primary amides is 1. The summed E-state index contributed by atoms with van der Waals surface area (Å²) < 4.78 is 7.06. The lowest BCUT2D eigenvalue weighted by Crippen LogP contribution is -2.10. The number of aromatic nitrogens is 3. The van der Waals surface area contributed by atoms with Crippen molar-refractivity contribution in [2.45, 2.75) is 0 Å². The maximum absolute atomic E-state index is 11.3. The first-order valence-electron chi connectivity index (χ1n) is 8.72. The summed E-state index contributed by atoms with van der Waals surface area (Å²) in [6.45, 7) is 0. The molecule has 0 fully saturated rings. The molecule has 0 spiro atoms. The molecule has 4 rings (SSSR count). The van der Waals surface area contributed by atoms with Gasteiger partial charge in [0.25, 0.3) is 0 Å². The lowest BCUT2D eigenvalue weighted by Gasteiger charge is -2.07. The van der Waals surface area contributed by atoms with E-state index in [-0.39, 0.29) is 0 Å². The van der Waals surface area contributed by atoms with Gasteiger partial charge in [0, 0.05) is 22.9 Å². The van der Waals surface area contributed by atoms with Crippen molar-refractivity contribution in [1.82, 2.24) is 14.8 Å². The minimum atomic E-state index is -0.454. The van der Waals surface area contributed by atoms with E-state index in [4.69, 9.17) is 15.6 Å². The number of ether oxygens (including phenoxy) is 1. The monoisotopic (exact) mass is 370 g/mol. The van der Waals surface area contributed by atoms with Gasteiger partial charge in [-0.15, -0.1) is 0 Å². The molecule has 2 aromatic heterocycles. The van der Waals surface area contributed by atoms with E-state index >= 15 is 0 Å². The second-order valence-electron chi connectivity index (χ2n) is 6.18. The predicted octanol–water partition coefficient (Wildman–Crippen LogP) is 3.71. The van der Waals surface area contributed by atoms with Gasteiger partial charge < -0.3 is 10.5 Å². The zero-order valence-electron chi connectivity index (χ0n) is 15.2. The minimum absolute atomic E-state index is 0.454. The molecule has 2 heterocycles. The SMILES string of the molecule is COc1ccc(-c2cc(-c3ccc(C(N)=O)cc3)nn2-c2ccccn2)cc1. The molecule has 0 saturated heterocycles. The zero-order chi connectivity index (χ0) is 19.5. The van der Waals surface area contributed by atoms with E-state index in [9.17, 15) is 4.79 Å². The predicted molar refractivity (Wildman–Crippen MR) is 107 cm³/mol. The zero-order valence-corrected chi connectivity index (χ0v) is 15.2. The Morgan fingerprint density at radius 1 is 0.964 bits per heavy atom. The van der Waals surface area contributed by atoms with Gasteiger partial charge in [0.15, 0.2) is 5.82 Å². The Balaban J connectivity index is 1.83. The number of hydrogen-bond donors (Lipinski definition) is 1. The molecule has 0 aliphatic heterocycles. The molecule has 138 valence electrons. The summed E-state index contributed by atoms with van der Waals surface area (Å²) in [4.78, 5) is 15.7. The lowest BCUT2D eigenvalue weighted by atomic mass is 10.1. The lowest BCUT2D eigenvalue weighted by molar-refractivity contribution is 0.100. The largest absolute Gasteiger partial charge is 0.497 e. The first-order valence-corrected chi connectivity index (χ1v) is 8.72. The van der Waals surface area contributed by atoms with Crippen molar-refractivity contribution in [3.63, 3.8) is 0 Å². The van der Waals surface area contributed by atoms with Gasteiger partial charge in [-0.25, -0.2) is 9.67 Å². The molecule has 0 unspecified atom stereocenters. The number of benzene rings is 2. The van der Waals surface area contributed by atoms with Gasteiger partial charge in [0.1, 0.15) is 5.75 Å². The molecular formula is C22H18N4O2. The number of hydrogen-bond acceptors (Lipinski definition) is 4. The van der Waals surface area contributed by atoms with Gasteiger partial charge in [0.2, 0.25) is 5.91 Å². The Bertz CT molecular complexity index is 1100. The quantitative estimate of drug-likeness (QED) is 0.580. The van der Waals surface area contributed by atoms with E-state index in [1.807, 2.05) is 60.7 Å². The molecule has 0 radical (unpaired) electrons. The van der Waals surface area contributed by atoms with Crippen molar-refractivity contribution >= 4 is 5.91 Å². The minimum Gasteiger partial charge on any atom is -0.497 e. The number of amides is 1. The van der Waals surface area contributed by atoms with Gasteiger partial charge in [-0.3, -0.25) is 4.79 Å². The fraction of sp³-hybridized carbons (Fsp3) is 0.0455. The molecule has 0 bridgehead atoms. The molecule has 0 saturated carbocycles. The normalized spacial score (nSPS) is 10.6. The van der Waals surface area contributed by atoms with E-state index < -0.39 is 5.91 Å². The maximum atomic E-state index is 11.3. The van der Waals surface area contributed by atoms with Gasteiger partial charge >= 0.3 is 0 Å². The molecular weight excluding hydrogens is 352 g/mol. The van der Waals surface area contributed by atoms with E-state index in [2.05, 4.69) is 4.98 Å². The van der Waals surface area contributed by atoms with Gasteiger partial charge in [0.05, 0.1) is 18.5 Å². The fourth-order valence-corrected chi connectivity index (χ4v) is 2.95. The Morgan fingerprint density at radius 3 is 2.29 bits per heavy atom. The van der Waals surface area contributed by atoms with Crippen LogP contribution < -0.4 is 10.5 Å². The Morgan fingerprint density at radius 2 is 1.68 bits per heavy atom. The topological polar surface area (TPSA) is 83.0 Å². The molecule has 6 heteroatoms. The van der Waals surface area contributed by atoms with Crippen LogP contribution in [0, 0.1) is 0 Å². The molecule has 28 heavy (non-hydrogen) atoms. The van der Waals surface area contributed by atoms with Crippen LogP contribution in [0.4, 0.5) is 0 Å². The van der Waals surface area contributed by atoms with Crippen LogP contribution in [0.25, 0.3) is 28.3 Å². The number of nitrogens with zero attached hydrogens (tertiary/aromatic N) is 3. The first kappa shape index (κ1) is 17.5. The molecule has 4 aromatic rings. The number of rotatable bonds is 5. The molecule has 2 N–H and O–H groups in total. The van der Waals surface area contributed by atoms with Crippen LogP contribution in [0.5, 0.6) is 5.75 Å². The second-order valence-corrected chi connectivity index (χ2v) is 6.18. The molecule has 6 nitrogen and oxygen atoms in total. The van der Waals surface area contributed by atoms with Crippen LogP contribution in [0.3, 0.4) is 0 Å². The summed E-state index contributed by atoms with van der Waals surface area (Å²) >= 11 is 0. The van der Waals surface area contributed by atoms with Crippen molar-refractivity contribution < 1.29 is 9.53 Å². The third-order valence-electron chi connectivity index (χ3n) is 4.43. The highest BCUT2D eigenvalue weighted by atomic mass is 16.5. The Kier molecular flexibility index (Phi) is 4.60. The van der Waals surface area contributed by atoms with Crippen molar-refractivity contribution in [3.8, 4) is 34.1 Å².